The van der Waals surface area contributed by atoms with Gasteiger partial charge in [0.2, 0.25) is 0 Å². The summed E-state index contributed by atoms with van der Waals surface area (Å²) in [6.45, 7) is 0. The summed E-state index contributed by atoms with van der Waals surface area (Å²) in [6.07, 6.45) is 0. The number of hydrogen-bond donors (Lipinski definition) is 0. The van der Waals surface area contributed by atoms with Gasteiger partial charge in [0.05, 0.1) is 0 Å². The Morgan fingerprint density at radius 3 is 1.70 bits per heavy atom. The van der Waals surface area contributed by atoms with E-state index in [2.05, 4.69) is 140 Å². The highest BCUT2D eigenvalue weighted by Crippen LogP contribution is 2.36. The molecule has 0 aliphatic heterocycles. The number of thiophene rings is 1. The first-order valence-corrected chi connectivity index (χ1v) is 17.4. The molecule has 0 fully saturated rings. The minimum absolute atomic E-state index is 0.596. The largest absolute Gasteiger partial charge is 0.456 e. The van der Waals surface area contributed by atoms with Crippen LogP contribution in [0.4, 0.5) is 0 Å². The minimum atomic E-state index is 0.596. The molecule has 0 aliphatic rings. The zero-order valence-electron chi connectivity index (χ0n) is 26.7. The van der Waals surface area contributed by atoms with Gasteiger partial charge in [0.25, 0.3) is 0 Å². The van der Waals surface area contributed by atoms with Gasteiger partial charge in [-0.3, -0.25) is 0 Å². The van der Waals surface area contributed by atoms with Gasteiger partial charge in [-0.05, 0) is 63.2 Å². The van der Waals surface area contributed by atoms with Crippen molar-refractivity contribution in [3.63, 3.8) is 0 Å². The van der Waals surface area contributed by atoms with E-state index in [1.807, 2.05) is 24.3 Å². The molecule has 10 aromatic rings. The standard InChI is InChI=1S/C45H27N3OS/c1-3-11-35-28(8-1)10-7-13-36(35)29-16-20-31(21-17-29)43-46-44(32-22-18-30(19-23-32)42-27-33-9-2-6-15-41(33)50-42)48-45(47-43)34-24-25-38-37-12-4-5-14-39(37)49-40(38)26-34/h1-27H. The summed E-state index contributed by atoms with van der Waals surface area (Å²) in [4.78, 5) is 16.4. The third-order valence-electron chi connectivity index (χ3n) is 9.37. The maximum absolute atomic E-state index is 6.24. The maximum Gasteiger partial charge on any atom is 0.164 e. The zero-order chi connectivity index (χ0) is 33.0. The Balaban J connectivity index is 1.08. The van der Waals surface area contributed by atoms with Crippen LogP contribution in [0.25, 0.3) is 98.5 Å². The van der Waals surface area contributed by atoms with Crippen molar-refractivity contribution in [2.45, 2.75) is 0 Å². The lowest BCUT2D eigenvalue weighted by molar-refractivity contribution is 0.669. The van der Waals surface area contributed by atoms with Crippen molar-refractivity contribution < 1.29 is 4.42 Å². The van der Waals surface area contributed by atoms with Crippen LogP contribution in [-0.4, -0.2) is 15.0 Å². The van der Waals surface area contributed by atoms with Gasteiger partial charge in [0, 0.05) is 37.0 Å². The molecule has 50 heavy (non-hydrogen) atoms. The van der Waals surface area contributed by atoms with Crippen molar-refractivity contribution in [1.29, 1.82) is 0 Å². The van der Waals surface area contributed by atoms with E-state index in [0.717, 1.165) is 44.2 Å². The van der Waals surface area contributed by atoms with Gasteiger partial charge in [-0.15, -0.1) is 11.3 Å². The number of hydrogen-bond acceptors (Lipinski definition) is 5. The Bertz CT molecular complexity index is 2830. The van der Waals surface area contributed by atoms with E-state index in [1.54, 1.807) is 11.3 Å². The second kappa shape index (κ2) is 11.6. The summed E-state index contributed by atoms with van der Waals surface area (Å²) in [5, 5.41) is 5.88. The van der Waals surface area contributed by atoms with Crippen molar-refractivity contribution in [3.8, 4) is 55.7 Å². The van der Waals surface area contributed by atoms with Crippen LogP contribution in [-0.2, 0) is 0 Å². The van der Waals surface area contributed by atoms with Crippen molar-refractivity contribution in [1.82, 2.24) is 15.0 Å². The molecule has 3 heterocycles. The van der Waals surface area contributed by atoms with E-state index in [0.29, 0.717) is 17.5 Å². The van der Waals surface area contributed by atoms with Crippen LogP contribution in [0, 0.1) is 0 Å². The molecule has 234 valence electrons. The molecule has 0 spiro atoms. The zero-order valence-corrected chi connectivity index (χ0v) is 27.6. The SMILES string of the molecule is c1ccc2sc(-c3ccc(-c4nc(-c5ccc(-c6cccc7ccccc67)cc5)nc(-c5ccc6c(c5)oc5ccccc56)n4)cc3)cc2c1. The molecule has 10 rings (SSSR count). The second-order valence-corrected chi connectivity index (χ2v) is 13.5. The van der Waals surface area contributed by atoms with Gasteiger partial charge in [-0.25, -0.2) is 15.0 Å². The third kappa shape index (κ3) is 4.95. The molecule has 0 atom stereocenters. The molecular formula is C45H27N3OS. The number of fused-ring (bicyclic) bond motifs is 5. The molecule has 0 N–H and O–H groups in total. The Morgan fingerprint density at radius 1 is 0.380 bits per heavy atom. The monoisotopic (exact) mass is 657 g/mol. The Morgan fingerprint density at radius 2 is 0.940 bits per heavy atom. The number of nitrogens with zero attached hydrogens (tertiary/aromatic N) is 3. The van der Waals surface area contributed by atoms with Crippen LogP contribution in [0.5, 0.6) is 0 Å². The highest BCUT2D eigenvalue weighted by atomic mass is 32.1. The fourth-order valence-electron chi connectivity index (χ4n) is 6.81. The number of rotatable bonds is 5. The van der Waals surface area contributed by atoms with Gasteiger partial charge < -0.3 is 4.42 Å². The van der Waals surface area contributed by atoms with Gasteiger partial charge in [0.1, 0.15) is 11.2 Å². The fourth-order valence-corrected chi connectivity index (χ4v) is 7.88. The molecule has 0 bridgehead atoms. The van der Waals surface area contributed by atoms with Gasteiger partial charge in [-0.1, -0.05) is 133 Å². The lowest BCUT2D eigenvalue weighted by Gasteiger charge is -2.10. The van der Waals surface area contributed by atoms with Crippen molar-refractivity contribution in [2.75, 3.05) is 0 Å². The number of para-hydroxylation sites is 1. The smallest absolute Gasteiger partial charge is 0.164 e. The number of aromatic nitrogens is 3. The second-order valence-electron chi connectivity index (χ2n) is 12.4. The molecule has 0 aliphatic carbocycles. The first-order valence-electron chi connectivity index (χ1n) is 16.6. The molecule has 0 unspecified atom stereocenters. The predicted octanol–water partition coefficient (Wildman–Crippen LogP) is 12.5. The Labute approximate surface area is 292 Å². The molecule has 0 saturated heterocycles. The normalized spacial score (nSPS) is 11.6. The summed E-state index contributed by atoms with van der Waals surface area (Å²) >= 11 is 1.80. The quantitative estimate of drug-likeness (QED) is 0.185. The van der Waals surface area contributed by atoms with Crippen molar-refractivity contribution in [3.05, 3.63) is 164 Å². The molecular weight excluding hydrogens is 631 g/mol. The van der Waals surface area contributed by atoms with Crippen LogP contribution in [0.15, 0.2) is 168 Å². The van der Waals surface area contributed by atoms with Crippen molar-refractivity contribution >= 4 is 54.1 Å². The number of furan rings is 1. The van der Waals surface area contributed by atoms with Crippen LogP contribution in [0.3, 0.4) is 0 Å². The molecule has 0 amide bonds. The van der Waals surface area contributed by atoms with Crippen molar-refractivity contribution in [2.24, 2.45) is 0 Å². The first kappa shape index (κ1) is 28.6. The first-order chi connectivity index (χ1) is 24.7. The summed E-state index contributed by atoms with van der Waals surface area (Å²) in [5.74, 6) is 1.84. The molecule has 3 aromatic heterocycles. The van der Waals surface area contributed by atoms with Gasteiger partial charge in [-0.2, -0.15) is 0 Å². The van der Waals surface area contributed by atoms with E-state index in [4.69, 9.17) is 19.4 Å². The molecule has 0 saturated carbocycles. The fraction of sp³-hybridized carbons (Fsp3) is 0. The molecule has 4 nitrogen and oxygen atoms in total. The Kier molecular flexibility index (Phi) is 6.64. The average Bonchev–Trinajstić information content (AvgIpc) is 3.79. The molecule has 5 heteroatoms. The Hall–Kier alpha value is -6.43. The summed E-state index contributed by atoms with van der Waals surface area (Å²) in [7, 11) is 0. The maximum atomic E-state index is 6.24. The van der Waals surface area contributed by atoms with E-state index in [9.17, 15) is 0 Å². The van der Waals surface area contributed by atoms with Gasteiger partial charge >= 0.3 is 0 Å². The third-order valence-corrected chi connectivity index (χ3v) is 10.5. The summed E-state index contributed by atoms with van der Waals surface area (Å²) in [6, 6.07) is 57.0. The summed E-state index contributed by atoms with van der Waals surface area (Å²) < 4.78 is 7.52. The van der Waals surface area contributed by atoms with Crippen LogP contribution in [0.1, 0.15) is 0 Å². The topological polar surface area (TPSA) is 51.8 Å². The van der Waals surface area contributed by atoms with E-state index in [1.165, 1.54) is 36.9 Å². The molecule has 0 radical (unpaired) electrons. The highest BCUT2D eigenvalue weighted by molar-refractivity contribution is 7.22. The lowest BCUT2D eigenvalue weighted by Crippen LogP contribution is -2.00. The lowest BCUT2D eigenvalue weighted by atomic mass is 9.97. The van der Waals surface area contributed by atoms with E-state index < -0.39 is 0 Å². The van der Waals surface area contributed by atoms with Crippen LogP contribution < -0.4 is 0 Å². The summed E-state index contributed by atoms with van der Waals surface area (Å²) in [5.41, 5.74) is 7.90. The van der Waals surface area contributed by atoms with Gasteiger partial charge in [0.15, 0.2) is 17.5 Å². The van der Waals surface area contributed by atoms with Crippen LogP contribution in [0.2, 0.25) is 0 Å². The van der Waals surface area contributed by atoms with Crippen LogP contribution >= 0.6 is 11.3 Å². The van der Waals surface area contributed by atoms with E-state index >= 15 is 0 Å². The predicted molar refractivity (Wildman–Crippen MR) is 207 cm³/mol. The number of benzene rings is 7. The van der Waals surface area contributed by atoms with E-state index in [-0.39, 0.29) is 0 Å². The average molecular weight is 658 g/mol. The minimum Gasteiger partial charge on any atom is -0.456 e. The molecule has 7 aromatic carbocycles. The highest BCUT2D eigenvalue weighted by Gasteiger charge is 2.16.